The number of ether oxygens (including phenoxy) is 1. The summed E-state index contributed by atoms with van der Waals surface area (Å²) in [6.07, 6.45) is 4.96. The van der Waals surface area contributed by atoms with Crippen LogP contribution in [0.5, 0.6) is 5.75 Å². The van der Waals surface area contributed by atoms with Crippen LogP contribution in [0.15, 0.2) is 46.9 Å². The van der Waals surface area contributed by atoms with Crippen molar-refractivity contribution in [3.8, 4) is 22.9 Å². The second-order valence-electron chi connectivity index (χ2n) is 7.40. The molecule has 1 aliphatic carbocycles. The van der Waals surface area contributed by atoms with Crippen LogP contribution in [0.1, 0.15) is 41.6 Å². The Balaban J connectivity index is 1.82. The van der Waals surface area contributed by atoms with Gasteiger partial charge in [-0.05, 0) is 67.1 Å². The van der Waals surface area contributed by atoms with Crippen molar-refractivity contribution in [3.63, 3.8) is 0 Å². The monoisotopic (exact) mass is 465 g/mol. The molecule has 6 heteroatoms. The van der Waals surface area contributed by atoms with Gasteiger partial charge in [-0.25, -0.2) is 9.37 Å². The van der Waals surface area contributed by atoms with Gasteiger partial charge < -0.3 is 10.5 Å². The molecule has 152 valence electrons. The summed E-state index contributed by atoms with van der Waals surface area (Å²) in [6, 6.07) is 14.2. The van der Waals surface area contributed by atoms with Crippen molar-refractivity contribution < 1.29 is 9.13 Å². The maximum Gasteiger partial charge on any atom is 0.142 e. The van der Waals surface area contributed by atoms with E-state index in [4.69, 9.17) is 10.5 Å². The predicted molar refractivity (Wildman–Crippen MR) is 118 cm³/mol. The fourth-order valence-corrected chi connectivity index (χ4v) is 4.28. The summed E-state index contributed by atoms with van der Waals surface area (Å²) in [5.74, 6) is 0.630. The van der Waals surface area contributed by atoms with Gasteiger partial charge in [0.05, 0.1) is 0 Å². The minimum atomic E-state index is -0.281. The van der Waals surface area contributed by atoms with E-state index in [-0.39, 0.29) is 11.6 Å². The summed E-state index contributed by atoms with van der Waals surface area (Å²) in [7, 11) is 0. The molecule has 0 bridgehead atoms. The van der Waals surface area contributed by atoms with Gasteiger partial charge in [0.25, 0.3) is 0 Å². The van der Waals surface area contributed by atoms with E-state index in [2.05, 4.69) is 27.0 Å². The smallest absolute Gasteiger partial charge is 0.142 e. The highest BCUT2D eigenvalue weighted by Crippen LogP contribution is 2.41. The summed E-state index contributed by atoms with van der Waals surface area (Å²) >= 11 is 3.55. The van der Waals surface area contributed by atoms with Crippen LogP contribution in [0, 0.1) is 17.1 Å². The highest BCUT2D eigenvalue weighted by atomic mass is 79.9. The van der Waals surface area contributed by atoms with Crippen molar-refractivity contribution in [1.82, 2.24) is 4.98 Å². The van der Waals surface area contributed by atoms with Gasteiger partial charge in [-0.15, -0.1) is 0 Å². The molecule has 3 aromatic rings. The molecule has 4 rings (SSSR count). The second-order valence-corrected chi connectivity index (χ2v) is 8.32. The molecule has 2 aromatic carbocycles. The molecule has 30 heavy (non-hydrogen) atoms. The van der Waals surface area contributed by atoms with Crippen molar-refractivity contribution in [1.29, 1.82) is 5.26 Å². The number of nitriles is 1. The number of aromatic nitrogens is 1. The molecule has 0 radical (unpaired) electrons. The lowest BCUT2D eigenvalue weighted by molar-refractivity contribution is 0.307. The molecule has 0 saturated carbocycles. The van der Waals surface area contributed by atoms with E-state index in [1.54, 1.807) is 12.1 Å². The molecule has 0 unspecified atom stereocenters. The Labute approximate surface area is 183 Å². The van der Waals surface area contributed by atoms with E-state index in [1.807, 2.05) is 18.2 Å². The fourth-order valence-electron chi connectivity index (χ4n) is 3.91. The third kappa shape index (κ3) is 4.17. The third-order valence-corrected chi connectivity index (χ3v) is 5.88. The first-order valence-corrected chi connectivity index (χ1v) is 10.7. The summed E-state index contributed by atoms with van der Waals surface area (Å²) in [4.78, 5) is 4.55. The first-order valence-electron chi connectivity index (χ1n) is 9.95. The van der Waals surface area contributed by atoms with E-state index in [0.717, 1.165) is 64.5 Å². The van der Waals surface area contributed by atoms with Crippen LogP contribution in [0.3, 0.4) is 0 Å². The number of nitrogen functional groups attached to an aromatic ring is 1. The molecule has 0 fully saturated rings. The van der Waals surface area contributed by atoms with Crippen LogP contribution in [0.25, 0.3) is 11.1 Å². The SMILES string of the molecule is N#Cc1c(N)nc2c(c1-c1cc(Br)ccc1OCc1ccc(F)cc1)CCCCC2. The molecular weight excluding hydrogens is 445 g/mol. The van der Waals surface area contributed by atoms with Gasteiger partial charge in [0.1, 0.15) is 35.6 Å². The van der Waals surface area contributed by atoms with Crippen LogP contribution in [-0.2, 0) is 19.4 Å². The van der Waals surface area contributed by atoms with Gasteiger partial charge in [0.2, 0.25) is 0 Å². The third-order valence-electron chi connectivity index (χ3n) is 5.38. The number of hydrogen-bond acceptors (Lipinski definition) is 4. The van der Waals surface area contributed by atoms with E-state index >= 15 is 0 Å². The first kappa shape index (κ1) is 20.4. The quantitative estimate of drug-likeness (QED) is 0.483. The van der Waals surface area contributed by atoms with Gasteiger partial charge in [-0.2, -0.15) is 5.26 Å². The van der Waals surface area contributed by atoms with E-state index in [1.165, 1.54) is 12.1 Å². The Morgan fingerprint density at radius 1 is 1.10 bits per heavy atom. The molecule has 0 aliphatic heterocycles. The largest absolute Gasteiger partial charge is 0.488 e. The average molecular weight is 466 g/mol. The number of hydrogen-bond donors (Lipinski definition) is 1. The van der Waals surface area contributed by atoms with Crippen molar-refractivity contribution in [2.75, 3.05) is 5.73 Å². The summed E-state index contributed by atoms with van der Waals surface area (Å²) in [6.45, 7) is 0.291. The molecule has 0 amide bonds. The van der Waals surface area contributed by atoms with Crippen molar-refractivity contribution in [3.05, 3.63) is 75.1 Å². The van der Waals surface area contributed by atoms with Gasteiger partial charge in [-0.3, -0.25) is 0 Å². The Hall–Kier alpha value is -2.91. The number of nitrogens with zero attached hydrogens (tertiary/aromatic N) is 2. The second kappa shape index (κ2) is 8.85. The number of anilines is 1. The van der Waals surface area contributed by atoms with Gasteiger partial charge in [-0.1, -0.05) is 34.5 Å². The average Bonchev–Trinajstić information content (AvgIpc) is 2.98. The Kier molecular flexibility index (Phi) is 6.01. The van der Waals surface area contributed by atoms with Crippen LogP contribution in [0.2, 0.25) is 0 Å². The van der Waals surface area contributed by atoms with E-state index in [9.17, 15) is 9.65 Å². The lowest BCUT2D eigenvalue weighted by Gasteiger charge is -2.19. The lowest BCUT2D eigenvalue weighted by atomic mass is 9.91. The zero-order chi connectivity index (χ0) is 21.1. The Morgan fingerprint density at radius 2 is 1.87 bits per heavy atom. The molecule has 0 atom stereocenters. The Bertz CT molecular complexity index is 1120. The normalized spacial score (nSPS) is 13.2. The molecule has 0 spiro atoms. The minimum Gasteiger partial charge on any atom is -0.488 e. The molecule has 1 heterocycles. The predicted octanol–water partition coefficient (Wildman–Crippen LogP) is 5.95. The highest BCUT2D eigenvalue weighted by Gasteiger charge is 2.23. The maximum atomic E-state index is 13.2. The zero-order valence-corrected chi connectivity index (χ0v) is 18.0. The minimum absolute atomic E-state index is 0.262. The molecule has 2 N–H and O–H groups in total. The summed E-state index contributed by atoms with van der Waals surface area (Å²) in [5.41, 5.74) is 11.1. The van der Waals surface area contributed by atoms with Gasteiger partial charge in [0, 0.05) is 21.3 Å². The van der Waals surface area contributed by atoms with E-state index < -0.39 is 0 Å². The van der Waals surface area contributed by atoms with Crippen molar-refractivity contribution in [2.45, 2.75) is 38.7 Å². The van der Waals surface area contributed by atoms with E-state index in [0.29, 0.717) is 17.9 Å². The number of rotatable bonds is 4. The Morgan fingerprint density at radius 3 is 2.63 bits per heavy atom. The number of fused-ring (bicyclic) bond motifs is 1. The molecular formula is C24H21BrFN3O. The summed E-state index contributed by atoms with van der Waals surface area (Å²) in [5, 5.41) is 9.87. The maximum absolute atomic E-state index is 13.2. The fraction of sp³-hybridized carbons (Fsp3) is 0.250. The number of pyridine rings is 1. The highest BCUT2D eigenvalue weighted by molar-refractivity contribution is 9.10. The van der Waals surface area contributed by atoms with Gasteiger partial charge >= 0.3 is 0 Å². The number of aryl methyl sites for hydroxylation is 1. The molecule has 0 saturated heterocycles. The van der Waals surface area contributed by atoms with Crippen molar-refractivity contribution in [2.24, 2.45) is 0 Å². The molecule has 4 nitrogen and oxygen atoms in total. The lowest BCUT2D eigenvalue weighted by Crippen LogP contribution is -2.08. The number of halogens is 2. The van der Waals surface area contributed by atoms with Crippen LogP contribution in [-0.4, -0.2) is 4.98 Å². The van der Waals surface area contributed by atoms with Crippen LogP contribution >= 0.6 is 15.9 Å². The molecule has 1 aliphatic rings. The zero-order valence-electron chi connectivity index (χ0n) is 16.4. The summed E-state index contributed by atoms with van der Waals surface area (Å²) < 4.78 is 20.2. The van der Waals surface area contributed by atoms with Crippen molar-refractivity contribution >= 4 is 21.7 Å². The van der Waals surface area contributed by atoms with Crippen LogP contribution < -0.4 is 10.5 Å². The number of benzene rings is 2. The first-order chi connectivity index (χ1) is 14.6. The topological polar surface area (TPSA) is 71.9 Å². The molecule has 1 aromatic heterocycles. The van der Waals surface area contributed by atoms with Crippen LogP contribution in [0.4, 0.5) is 10.2 Å². The number of nitrogens with two attached hydrogens (primary N) is 1. The van der Waals surface area contributed by atoms with Gasteiger partial charge in [0.15, 0.2) is 0 Å². The standard InChI is InChI=1S/C24H21BrFN3O/c25-16-8-11-22(30-14-15-6-9-17(26)10-7-15)19(12-16)23-18-4-2-1-3-5-21(18)29-24(28)20(23)13-27/h6-12H,1-5,14H2,(H2,28,29).